The van der Waals surface area contributed by atoms with Gasteiger partial charge >= 0.3 is 5.97 Å². The number of carbonyl (C=O) groups excluding carboxylic acids is 2. The Morgan fingerprint density at radius 3 is 2.44 bits per heavy atom. The molecule has 2 aromatic rings. The predicted octanol–water partition coefficient (Wildman–Crippen LogP) is 3.78. The Bertz CT molecular complexity index is 895. The standard InChI is InChI=1S/C23H30ClN3O4S/c1-3-19-15-20(23(29)30-4-2)22(32-19)25-21(28)16-27-11-9-26(10-12-27)13-14-31-18-7-5-17(24)6-8-18/h5-8,15H,3-4,9-14,16H2,1-2H3,(H,25,28). The minimum Gasteiger partial charge on any atom is -0.492 e. The van der Waals surface area contributed by atoms with Crippen LogP contribution in [0.15, 0.2) is 30.3 Å². The number of hydrogen-bond donors (Lipinski definition) is 1. The van der Waals surface area contributed by atoms with Crippen molar-refractivity contribution in [1.82, 2.24) is 9.80 Å². The number of piperazine rings is 1. The molecular weight excluding hydrogens is 450 g/mol. The summed E-state index contributed by atoms with van der Waals surface area (Å²) in [6.07, 6.45) is 0.802. The summed E-state index contributed by atoms with van der Waals surface area (Å²) in [5.41, 5.74) is 0.438. The topological polar surface area (TPSA) is 71.1 Å². The van der Waals surface area contributed by atoms with E-state index in [4.69, 9.17) is 21.1 Å². The molecule has 1 aliphatic heterocycles. The van der Waals surface area contributed by atoms with E-state index in [2.05, 4.69) is 15.1 Å². The SMILES string of the molecule is CCOC(=O)c1cc(CC)sc1NC(=O)CN1CCN(CCOc2ccc(Cl)cc2)CC1. The number of halogens is 1. The summed E-state index contributed by atoms with van der Waals surface area (Å²) in [6, 6.07) is 9.17. The van der Waals surface area contributed by atoms with Crippen LogP contribution in [-0.4, -0.2) is 74.2 Å². The zero-order chi connectivity index (χ0) is 22.9. The molecule has 2 heterocycles. The second-order valence-corrected chi connectivity index (χ2v) is 9.07. The van der Waals surface area contributed by atoms with Crippen LogP contribution in [0.2, 0.25) is 5.02 Å². The molecule has 0 spiro atoms. The van der Waals surface area contributed by atoms with Crippen LogP contribution >= 0.6 is 22.9 Å². The fourth-order valence-corrected chi connectivity index (χ4v) is 4.56. The number of nitrogens with one attached hydrogen (secondary N) is 1. The average molecular weight is 480 g/mol. The third-order valence-electron chi connectivity index (χ3n) is 5.20. The van der Waals surface area contributed by atoms with E-state index in [1.54, 1.807) is 6.92 Å². The van der Waals surface area contributed by atoms with Crippen LogP contribution in [0.4, 0.5) is 5.00 Å². The maximum absolute atomic E-state index is 12.6. The van der Waals surface area contributed by atoms with Gasteiger partial charge in [0.15, 0.2) is 0 Å². The van der Waals surface area contributed by atoms with Gasteiger partial charge in [-0.15, -0.1) is 11.3 Å². The molecule has 0 unspecified atom stereocenters. The first-order valence-electron chi connectivity index (χ1n) is 10.9. The van der Waals surface area contributed by atoms with Gasteiger partial charge in [-0.3, -0.25) is 14.6 Å². The fraction of sp³-hybridized carbons (Fsp3) is 0.478. The lowest BCUT2D eigenvalue weighted by Crippen LogP contribution is -2.49. The molecule has 1 aromatic carbocycles. The van der Waals surface area contributed by atoms with Gasteiger partial charge < -0.3 is 14.8 Å². The van der Waals surface area contributed by atoms with E-state index < -0.39 is 5.97 Å². The Morgan fingerprint density at radius 2 is 1.78 bits per heavy atom. The van der Waals surface area contributed by atoms with Crippen molar-refractivity contribution in [3.05, 3.63) is 45.8 Å². The normalized spacial score (nSPS) is 14.8. The second-order valence-electron chi connectivity index (χ2n) is 7.50. The monoisotopic (exact) mass is 479 g/mol. The second kappa shape index (κ2) is 12.2. The first kappa shape index (κ1) is 24.5. The number of ether oxygens (including phenoxy) is 2. The molecule has 174 valence electrons. The molecule has 0 aliphatic carbocycles. The third kappa shape index (κ3) is 7.20. The average Bonchev–Trinajstić information content (AvgIpc) is 3.19. The Kier molecular flexibility index (Phi) is 9.35. The van der Waals surface area contributed by atoms with Crippen molar-refractivity contribution >= 4 is 39.8 Å². The van der Waals surface area contributed by atoms with E-state index in [0.29, 0.717) is 35.3 Å². The minimum atomic E-state index is -0.395. The van der Waals surface area contributed by atoms with Crippen molar-refractivity contribution in [3.8, 4) is 5.75 Å². The maximum Gasteiger partial charge on any atom is 0.341 e. The van der Waals surface area contributed by atoms with Gasteiger partial charge in [-0.05, 0) is 43.7 Å². The Hall–Kier alpha value is -2.13. The van der Waals surface area contributed by atoms with Gasteiger partial charge in [-0.2, -0.15) is 0 Å². The molecule has 1 saturated heterocycles. The quantitative estimate of drug-likeness (QED) is 0.523. The Labute approximate surface area is 198 Å². The molecule has 0 atom stereocenters. The molecule has 1 N–H and O–H groups in total. The van der Waals surface area contributed by atoms with Crippen LogP contribution in [0, 0.1) is 0 Å². The molecule has 32 heavy (non-hydrogen) atoms. The van der Waals surface area contributed by atoms with Gasteiger partial charge in [-0.25, -0.2) is 4.79 Å². The van der Waals surface area contributed by atoms with Crippen molar-refractivity contribution in [2.45, 2.75) is 20.3 Å². The van der Waals surface area contributed by atoms with Crippen LogP contribution in [0.25, 0.3) is 0 Å². The van der Waals surface area contributed by atoms with Crippen LogP contribution in [0.1, 0.15) is 29.1 Å². The van der Waals surface area contributed by atoms with Gasteiger partial charge in [0.25, 0.3) is 0 Å². The number of thiophene rings is 1. The predicted molar refractivity (Wildman–Crippen MR) is 128 cm³/mol. The molecule has 1 fully saturated rings. The van der Waals surface area contributed by atoms with Gasteiger partial charge in [0, 0.05) is 42.6 Å². The molecular formula is C23H30ClN3O4S. The molecule has 1 aromatic heterocycles. The highest BCUT2D eigenvalue weighted by Crippen LogP contribution is 2.29. The lowest BCUT2D eigenvalue weighted by molar-refractivity contribution is -0.117. The molecule has 1 amide bonds. The zero-order valence-corrected chi connectivity index (χ0v) is 20.1. The number of amides is 1. The number of benzene rings is 1. The Balaban J connectivity index is 1.41. The summed E-state index contributed by atoms with van der Waals surface area (Å²) < 4.78 is 10.9. The highest BCUT2D eigenvalue weighted by atomic mass is 35.5. The fourth-order valence-electron chi connectivity index (χ4n) is 3.43. The lowest BCUT2D eigenvalue weighted by Gasteiger charge is -2.34. The third-order valence-corrected chi connectivity index (χ3v) is 6.65. The van der Waals surface area contributed by atoms with Crippen molar-refractivity contribution in [2.24, 2.45) is 0 Å². The van der Waals surface area contributed by atoms with Crippen molar-refractivity contribution in [2.75, 3.05) is 57.8 Å². The number of nitrogens with zero attached hydrogens (tertiary/aromatic N) is 2. The van der Waals surface area contributed by atoms with Crippen molar-refractivity contribution in [1.29, 1.82) is 0 Å². The van der Waals surface area contributed by atoms with Crippen LogP contribution in [0.5, 0.6) is 5.75 Å². The number of esters is 1. The number of carbonyl (C=O) groups is 2. The van der Waals surface area contributed by atoms with E-state index in [1.807, 2.05) is 37.3 Å². The minimum absolute atomic E-state index is 0.112. The summed E-state index contributed by atoms with van der Waals surface area (Å²) in [6.45, 7) is 9.22. The van der Waals surface area contributed by atoms with Crippen LogP contribution < -0.4 is 10.1 Å². The molecule has 3 rings (SSSR count). The number of rotatable bonds is 10. The molecule has 9 heteroatoms. The first-order valence-corrected chi connectivity index (χ1v) is 12.1. The number of anilines is 1. The summed E-state index contributed by atoms with van der Waals surface area (Å²) in [4.78, 5) is 30.3. The summed E-state index contributed by atoms with van der Waals surface area (Å²) >= 11 is 7.32. The van der Waals surface area contributed by atoms with Gasteiger partial charge in [0.05, 0.1) is 18.7 Å². The van der Waals surface area contributed by atoms with Crippen LogP contribution in [-0.2, 0) is 16.0 Å². The number of hydrogen-bond acceptors (Lipinski definition) is 7. The van der Waals surface area contributed by atoms with Crippen molar-refractivity contribution in [3.63, 3.8) is 0 Å². The van der Waals surface area contributed by atoms with Crippen LogP contribution in [0.3, 0.4) is 0 Å². The lowest BCUT2D eigenvalue weighted by atomic mass is 10.2. The van der Waals surface area contributed by atoms with Gasteiger partial charge in [-0.1, -0.05) is 18.5 Å². The maximum atomic E-state index is 12.6. The molecule has 0 radical (unpaired) electrons. The first-order chi connectivity index (χ1) is 15.5. The van der Waals surface area contributed by atoms with E-state index in [1.165, 1.54) is 11.3 Å². The smallest absolute Gasteiger partial charge is 0.341 e. The Morgan fingerprint density at radius 1 is 1.09 bits per heavy atom. The van der Waals surface area contributed by atoms with Gasteiger partial charge in [0.2, 0.25) is 5.91 Å². The highest BCUT2D eigenvalue weighted by molar-refractivity contribution is 7.16. The summed E-state index contributed by atoms with van der Waals surface area (Å²) in [5, 5.41) is 4.18. The zero-order valence-electron chi connectivity index (χ0n) is 18.6. The summed E-state index contributed by atoms with van der Waals surface area (Å²) in [7, 11) is 0. The van der Waals surface area contributed by atoms with Gasteiger partial charge in [0.1, 0.15) is 17.4 Å². The molecule has 1 aliphatic rings. The van der Waals surface area contributed by atoms with E-state index in [0.717, 1.165) is 49.8 Å². The van der Waals surface area contributed by atoms with E-state index >= 15 is 0 Å². The van der Waals surface area contributed by atoms with Crippen molar-refractivity contribution < 1.29 is 19.1 Å². The van der Waals surface area contributed by atoms with E-state index in [-0.39, 0.29) is 5.91 Å². The molecule has 0 bridgehead atoms. The number of aryl methyl sites for hydroxylation is 1. The largest absolute Gasteiger partial charge is 0.492 e. The molecule has 7 nitrogen and oxygen atoms in total. The highest BCUT2D eigenvalue weighted by Gasteiger charge is 2.22. The van der Waals surface area contributed by atoms with E-state index in [9.17, 15) is 9.59 Å². The molecule has 0 saturated carbocycles. The summed E-state index contributed by atoms with van der Waals surface area (Å²) in [5.74, 6) is 0.305.